The van der Waals surface area contributed by atoms with Gasteiger partial charge in [0.25, 0.3) is 0 Å². The highest BCUT2D eigenvalue weighted by atomic mass is 19.4. The van der Waals surface area contributed by atoms with E-state index in [0.717, 1.165) is 51.1 Å². The van der Waals surface area contributed by atoms with Gasteiger partial charge >= 0.3 is 6.18 Å². The van der Waals surface area contributed by atoms with Crippen LogP contribution in [0.25, 0.3) is 11.3 Å². The van der Waals surface area contributed by atoms with Crippen LogP contribution in [0.3, 0.4) is 0 Å². The molecular formula is C22H24F3N5O. The first-order valence-corrected chi connectivity index (χ1v) is 10.7. The Hall–Kier alpha value is -2.47. The largest absolute Gasteiger partial charge is 0.422 e. The molecule has 0 unspecified atom stereocenters. The molecule has 1 N–H and O–H groups in total. The van der Waals surface area contributed by atoms with E-state index in [9.17, 15) is 23.5 Å². The van der Waals surface area contributed by atoms with Crippen molar-refractivity contribution in [2.75, 3.05) is 0 Å². The van der Waals surface area contributed by atoms with Crippen molar-refractivity contribution in [3.8, 4) is 17.3 Å². The minimum absolute atomic E-state index is 0.0763. The van der Waals surface area contributed by atoms with Gasteiger partial charge < -0.3 is 5.11 Å². The number of halogens is 3. The zero-order valence-electron chi connectivity index (χ0n) is 17.5. The SMILES string of the molecule is C[C@H]1Cn2nc(C34CCC(C#N)(CC3)CC4)cc2-c2cnnc([C@@](C)(O)C(F)(F)F)c21. The van der Waals surface area contributed by atoms with Crippen LogP contribution in [0, 0.1) is 16.7 Å². The lowest BCUT2D eigenvalue weighted by atomic mass is 9.53. The Morgan fingerprint density at radius 1 is 1.19 bits per heavy atom. The molecule has 1 aliphatic heterocycles. The van der Waals surface area contributed by atoms with Crippen LogP contribution < -0.4 is 0 Å². The van der Waals surface area contributed by atoms with Crippen molar-refractivity contribution in [1.29, 1.82) is 5.26 Å². The van der Waals surface area contributed by atoms with E-state index in [-0.39, 0.29) is 16.7 Å². The van der Waals surface area contributed by atoms with E-state index in [1.807, 2.05) is 17.7 Å². The van der Waals surface area contributed by atoms with E-state index in [0.29, 0.717) is 23.4 Å². The third-order valence-corrected chi connectivity index (χ3v) is 7.93. The maximum atomic E-state index is 13.6. The van der Waals surface area contributed by atoms with Crippen molar-refractivity contribution >= 4 is 0 Å². The molecule has 31 heavy (non-hydrogen) atoms. The van der Waals surface area contributed by atoms with Gasteiger partial charge in [-0.25, -0.2) is 0 Å². The number of aliphatic hydroxyl groups is 1. The van der Waals surface area contributed by atoms with Crippen molar-refractivity contribution in [2.45, 2.75) is 82.0 Å². The molecule has 2 aromatic rings. The summed E-state index contributed by atoms with van der Waals surface area (Å²) >= 11 is 0. The van der Waals surface area contributed by atoms with Gasteiger partial charge in [-0.15, -0.1) is 0 Å². The summed E-state index contributed by atoms with van der Waals surface area (Å²) in [5.74, 6) is -0.309. The molecule has 0 spiro atoms. The van der Waals surface area contributed by atoms with Crippen LogP contribution in [-0.4, -0.2) is 31.3 Å². The number of aromatic nitrogens is 4. The molecular weight excluding hydrogens is 407 g/mol. The van der Waals surface area contributed by atoms with E-state index in [4.69, 9.17) is 5.10 Å². The highest BCUT2D eigenvalue weighted by Crippen LogP contribution is 2.57. The van der Waals surface area contributed by atoms with Crippen molar-refractivity contribution in [3.63, 3.8) is 0 Å². The third-order valence-electron chi connectivity index (χ3n) is 7.93. The maximum absolute atomic E-state index is 13.6. The second kappa shape index (κ2) is 6.28. The maximum Gasteiger partial charge on any atom is 0.422 e. The standard InChI is InChI=1S/C22H24F3N5O/c1-13-11-30-15(14-10-27-28-18(17(13)14)19(2,31)22(23,24)25)9-16(29-30)21-6-3-20(12-26,4-7-21)5-8-21/h9-10,13,31H,3-8,11H2,1-2H3/t13-,19+,20?,21?/m0/s1. The quantitative estimate of drug-likeness (QED) is 0.764. The van der Waals surface area contributed by atoms with Gasteiger partial charge in [0.05, 0.1) is 29.1 Å². The second-order valence-electron chi connectivity index (χ2n) is 9.76. The molecule has 3 heterocycles. The molecule has 0 aromatic carbocycles. The second-order valence-corrected chi connectivity index (χ2v) is 9.76. The first-order valence-electron chi connectivity index (χ1n) is 10.7. The summed E-state index contributed by atoms with van der Waals surface area (Å²) in [7, 11) is 0. The van der Waals surface area contributed by atoms with E-state index in [1.165, 1.54) is 6.20 Å². The summed E-state index contributed by atoms with van der Waals surface area (Å²) in [4.78, 5) is 0. The summed E-state index contributed by atoms with van der Waals surface area (Å²) in [6.45, 7) is 2.96. The van der Waals surface area contributed by atoms with Crippen LogP contribution in [0.1, 0.15) is 75.2 Å². The zero-order chi connectivity index (χ0) is 22.2. The highest BCUT2D eigenvalue weighted by Gasteiger charge is 2.55. The van der Waals surface area contributed by atoms with Crippen molar-refractivity contribution < 1.29 is 18.3 Å². The zero-order valence-corrected chi connectivity index (χ0v) is 17.5. The number of fused-ring (bicyclic) bond motifs is 6. The normalized spacial score (nSPS) is 31.5. The number of hydrogen-bond acceptors (Lipinski definition) is 5. The summed E-state index contributed by atoms with van der Waals surface area (Å²) < 4.78 is 42.5. The lowest BCUT2D eigenvalue weighted by molar-refractivity contribution is -0.260. The number of nitrogens with zero attached hydrogens (tertiary/aromatic N) is 5. The van der Waals surface area contributed by atoms with Crippen LogP contribution in [0.5, 0.6) is 0 Å². The average molecular weight is 431 g/mol. The van der Waals surface area contributed by atoms with Crippen molar-refractivity contribution in [2.24, 2.45) is 5.41 Å². The third kappa shape index (κ3) is 2.77. The molecule has 9 heteroatoms. The van der Waals surface area contributed by atoms with Crippen LogP contribution in [0.15, 0.2) is 12.3 Å². The molecule has 3 saturated carbocycles. The highest BCUT2D eigenvalue weighted by molar-refractivity contribution is 5.67. The van der Waals surface area contributed by atoms with E-state index < -0.39 is 17.5 Å². The molecule has 2 aromatic heterocycles. The lowest BCUT2D eigenvalue weighted by Crippen LogP contribution is -2.43. The molecule has 2 atom stereocenters. The van der Waals surface area contributed by atoms with E-state index >= 15 is 0 Å². The Balaban J connectivity index is 1.59. The smallest absolute Gasteiger partial charge is 0.375 e. The first kappa shape index (κ1) is 20.4. The topological polar surface area (TPSA) is 87.6 Å². The van der Waals surface area contributed by atoms with E-state index in [2.05, 4.69) is 16.3 Å². The fourth-order valence-electron chi connectivity index (χ4n) is 5.71. The number of hydrogen-bond donors (Lipinski definition) is 1. The Bertz CT molecular complexity index is 1070. The molecule has 164 valence electrons. The van der Waals surface area contributed by atoms with Gasteiger partial charge in [0.1, 0.15) is 5.69 Å². The molecule has 2 bridgehead atoms. The van der Waals surface area contributed by atoms with Gasteiger partial charge in [-0.1, -0.05) is 6.92 Å². The van der Waals surface area contributed by atoms with Gasteiger partial charge in [0, 0.05) is 23.4 Å². The van der Waals surface area contributed by atoms with Crippen LogP contribution in [0.2, 0.25) is 0 Å². The van der Waals surface area contributed by atoms with Gasteiger partial charge in [-0.3, -0.25) is 4.68 Å². The molecule has 0 amide bonds. The monoisotopic (exact) mass is 431 g/mol. The Labute approximate surface area is 178 Å². The molecule has 6 rings (SSSR count). The number of nitriles is 1. The minimum Gasteiger partial charge on any atom is -0.375 e. The number of alkyl halides is 3. The Morgan fingerprint density at radius 2 is 1.84 bits per heavy atom. The van der Waals surface area contributed by atoms with Crippen LogP contribution in [0.4, 0.5) is 13.2 Å². The molecule has 0 radical (unpaired) electrons. The Kier molecular flexibility index (Phi) is 4.14. The summed E-state index contributed by atoms with van der Waals surface area (Å²) in [6, 6.07) is 4.49. The van der Waals surface area contributed by atoms with Crippen LogP contribution >= 0.6 is 0 Å². The fraction of sp³-hybridized carbons (Fsp3) is 0.636. The summed E-state index contributed by atoms with van der Waals surface area (Å²) in [6.07, 6.45) is 1.91. The molecule has 3 fully saturated rings. The molecule has 6 nitrogen and oxygen atoms in total. The van der Waals surface area contributed by atoms with Gasteiger partial charge in [0.2, 0.25) is 5.60 Å². The summed E-state index contributed by atoms with van der Waals surface area (Å²) in [5, 5.41) is 32.3. The molecule has 3 aliphatic carbocycles. The predicted octanol–water partition coefficient (Wildman–Crippen LogP) is 4.34. The predicted molar refractivity (Wildman–Crippen MR) is 105 cm³/mol. The molecule has 4 aliphatic rings. The number of rotatable bonds is 2. The van der Waals surface area contributed by atoms with Gasteiger partial charge in [-0.2, -0.15) is 33.7 Å². The lowest BCUT2D eigenvalue weighted by Gasteiger charge is -2.49. The average Bonchev–Trinajstić information content (AvgIpc) is 3.19. The van der Waals surface area contributed by atoms with Crippen molar-refractivity contribution in [1.82, 2.24) is 20.0 Å². The molecule has 0 saturated heterocycles. The first-order chi connectivity index (χ1) is 14.5. The van der Waals surface area contributed by atoms with Gasteiger partial charge in [0.15, 0.2) is 0 Å². The van der Waals surface area contributed by atoms with Gasteiger partial charge in [-0.05, 0) is 57.1 Å². The minimum atomic E-state index is -4.87. The van der Waals surface area contributed by atoms with Crippen molar-refractivity contribution in [3.05, 3.63) is 29.2 Å². The Morgan fingerprint density at radius 3 is 2.42 bits per heavy atom. The fourth-order valence-corrected chi connectivity index (χ4v) is 5.71. The summed E-state index contributed by atoms with van der Waals surface area (Å²) in [5.41, 5.74) is -1.21. The van der Waals surface area contributed by atoms with E-state index in [1.54, 1.807) is 0 Å². The van der Waals surface area contributed by atoms with Crippen LogP contribution in [-0.2, 0) is 17.6 Å².